The number of hydrogen-bond donors (Lipinski definition) is 4. The van der Waals surface area contributed by atoms with Crippen LogP contribution in [0, 0.1) is 5.21 Å². The number of aliphatic carboxylic acids is 1. The molecule has 4 N–H and O–H groups in total. The fourth-order valence-corrected chi connectivity index (χ4v) is 4.51. The molecule has 0 aliphatic carbocycles. The third-order valence-electron chi connectivity index (χ3n) is 4.60. The molecule has 31 heavy (non-hydrogen) atoms. The minimum absolute atomic E-state index is 0.0248. The molecule has 164 valence electrons. The zero-order valence-electron chi connectivity index (χ0n) is 16.2. The number of carboxylic acid groups (broad SMARTS) is 1. The lowest BCUT2D eigenvalue weighted by Crippen LogP contribution is -2.99. The number of quaternary nitrogens is 1. The highest BCUT2D eigenvalue weighted by Gasteiger charge is 2.54. The average Bonchev–Trinajstić information content (AvgIpc) is 2.73. The Morgan fingerprint density at radius 3 is 2.74 bits per heavy atom. The summed E-state index contributed by atoms with van der Waals surface area (Å²) in [4.78, 5) is 48.6. The molecule has 2 aliphatic rings. The Morgan fingerprint density at radius 1 is 1.39 bits per heavy atom. The van der Waals surface area contributed by atoms with Crippen molar-refractivity contribution in [3.8, 4) is 0 Å². The van der Waals surface area contributed by atoms with E-state index >= 15 is 0 Å². The topological polar surface area (TPSA) is 161 Å². The van der Waals surface area contributed by atoms with Crippen molar-refractivity contribution < 1.29 is 39.5 Å². The van der Waals surface area contributed by atoms with Crippen LogP contribution in [0.15, 0.2) is 41.6 Å². The lowest BCUT2D eigenvalue weighted by molar-refractivity contribution is -0.991. The maximum absolute atomic E-state index is 12.5. The number of carbonyl (C=O) groups is 4. The highest BCUT2D eigenvalue weighted by molar-refractivity contribution is 8.00. The summed E-state index contributed by atoms with van der Waals surface area (Å²) >= 11 is 1.24. The van der Waals surface area contributed by atoms with E-state index in [1.54, 1.807) is 12.1 Å². The maximum Gasteiger partial charge on any atom is 0.352 e. The van der Waals surface area contributed by atoms with Crippen LogP contribution in [-0.2, 0) is 23.9 Å². The third kappa shape index (κ3) is 4.77. The first-order valence-electron chi connectivity index (χ1n) is 9.05. The zero-order valence-corrected chi connectivity index (χ0v) is 17.0. The number of carboxylic acids is 1. The molecule has 2 heterocycles. The number of fused-ring (bicyclic) bond motifs is 1. The number of carbonyl (C=O) groups excluding carboxylic acids is 3. The minimum Gasteiger partial charge on any atom is -0.595 e. The lowest BCUT2D eigenvalue weighted by atomic mass is 10.0. The first-order valence-corrected chi connectivity index (χ1v) is 10.1. The summed E-state index contributed by atoms with van der Waals surface area (Å²) in [5.74, 6) is -2.89. The first-order chi connectivity index (χ1) is 14.7. The first kappa shape index (κ1) is 22.5. The van der Waals surface area contributed by atoms with Gasteiger partial charge in [-0.25, -0.2) is 10.0 Å². The molecule has 12 heteroatoms. The van der Waals surface area contributed by atoms with Crippen LogP contribution < -0.4 is 10.5 Å². The Labute approximate surface area is 180 Å². The number of thioether (sulfide) groups is 1. The van der Waals surface area contributed by atoms with E-state index < -0.39 is 40.4 Å². The van der Waals surface area contributed by atoms with Crippen molar-refractivity contribution in [3.63, 3.8) is 0 Å². The van der Waals surface area contributed by atoms with Gasteiger partial charge < -0.3 is 20.4 Å². The summed E-state index contributed by atoms with van der Waals surface area (Å²) < 4.78 is 4.86. The molecule has 0 aromatic heterocycles. The van der Waals surface area contributed by atoms with Gasteiger partial charge in [0.2, 0.25) is 5.91 Å². The van der Waals surface area contributed by atoms with Crippen LogP contribution in [0.1, 0.15) is 12.5 Å². The normalized spacial score (nSPS) is 21.4. The Balaban J connectivity index is 1.69. The number of esters is 1. The molecule has 3 atom stereocenters. The van der Waals surface area contributed by atoms with E-state index in [0.29, 0.717) is 11.1 Å². The molecule has 2 amide bonds. The summed E-state index contributed by atoms with van der Waals surface area (Å²) in [6, 6.07) is 5.20. The largest absolute Gasteiger partial charge is 0.595 e. The zero-order chi connectivity index (χ0) is 22.7. The van der Waals surface area contributed by atoms with Crippen LogP contribution in [0.2, 0.25) is 0 Å². The van der Waals surface area contributed by atoms with Crippen LogP contribution >= 0.6 is 11.8 Å². The predicted molar refractivity (Wildman–Crippen MR) is 108 cm³/mol. The fraction of sp³-hybridized carbons (Fsp3) is 0.263. The number of para-hydroxylation sites is 1. The lowest BCUT2D eigenvalue weighted by Gasteiger charge is -2.49. The summed E-state index contributed by atoms with van der Waals surface area (Å²) in [6.45, 7) is 0.964. The number of β-lactam (4-membered cyclic amide) rings is 1. The molecule has 2 aliphatic heterocycles. The molecule has 0 bridgehead atoms. The van der Waals surface area contributed by atoms with Gasteiger partial charge in [0, 0.05) is 36.0 Å². The van der Waals surface area contributed by atoms with Crippen molar-refractivity contribution in [1.29, 1.82) is 0 Å². The monoisotopic (exact) mass is 449 g/mol. The van der Waals surface area contributed by atoms with Gasteiger partial charge in [0.05, 0.1) is 0 Å². The molecule has 1 fully saturated rings. The van der Waals surface area contributed by atoms with Gasteiger partial charge in [-0.05, 0) is 12.1 Å². The number of amides is 2. The SMILES string of the molecule is CC(=O)OCC1=C(C(=O)O)N2C(=O)[C@H](NC(=O)/C=C/c3ccccc3[NH+]([O-])O)[C@H]2SC1. The summed E-state index contributed by atoms with van der Waals surface area (Å²) in [7, 11) is 0. The van der Waals surface area contributed by atoms with Crippen molar-refractivity contribution in [2.24, 2.45) is 0 Å². The van der Waals surface area contributed by atoms with Crippen molar-refractivity contribution in [2.75, 3.05) is 12.4 Å². The highest BCUT2D eigenvalue weighted by Crippen LogP contribution is 2.40. The van der Waals surface area contributed by atoms with E-state index in [2.05, 4.69) is 5.32 Å². The van der Waals surface area contributed by atoms with Crippen LogP contribution in [0.5, 0.6) is 0 Å². The van der Waals surface area contributed by atoms with Crippen LogP contribution in [0.4, 0.5) is 5.69 Å². The molecular formula is C19H19N3O8S. The Hall–Kier alpha value is -3.19. The molecule has 11 nitrogen and oxygen atoms in total. The van der Waals surface area contributed by atoms with E-state index in [1.807, 2.05) is 0 Å². The molecular weight excluding hydrogens is 430 g/mol. The van der Waals surface area contributed by atoms with Crippen LogP contribution in [-0.4, -0.2) is 62.7 Å². The van der Waals surface area contributed by atoms with Crippen molar-refractivity contribution >= 4 is 47.3 Å². The van der Waals surface area contributed by atoms with E-state index in [-0.39, 0.29) is 23.7 Å². The minimum atomic E-state index is -1.32. The van der Waals surface area contributed by atoms with Gasteiger partial charge in [-0.2, -0.15) is 5.23 Å². The number of rotatable bonds is 7. The molecule has 1 saturated heterocycles. The van der Waals surface area contributed by atoms with Crippen molar-refractivity contribution in [1.82, 2.24) is 10.2 Å². The molecule has 0 saturated carbocycles. The predicted octanol–water partition coefficient (Wildman–Crippen LogP) is -0.595. The number of benzene rings is 1. The molecule has 3 rings (SSSR count). The van der Waals surface area contributed by atoms with Gasteiger partial charge in [-0.3, -0.25) is 19.3 Å². The summed E-state index contributed by atoms with van der Waals surface area (Å²) in [5, 5.41) is 30.7. The third-order valence-corrected chi connectivity index (χ3v) is 5.94. The van der Waals surface area contributed by atoms with E-state index in [0.717, 1.165) is 11.0 Å². The highest BCUT2D eigenvalue weighted by atomic mass is 32.2. The van der Waals surface area contributed by atoms with E-state index in [1.165, 1.54) is 36.9 Å². The quantitative estimate of drug-likeness (QED) is 0.184. The van der Waals surface area contributed by atoms with Gasteiger partial charge in [-0.15, -0.1) is 11.8 Å². The van der Waals surface area contributed by atoms with Gasteiger partial charge in [0.15, 0.2) is 5.69 Å². The average molecular weight is 449 g/mol. The van der Waals surface area contributed by atoms with Gasteiger partial charge in [-0.1, -0.05) is 12.1 Å². The standard InChI is InChI=1S/C19H19N3O8S/c1-10(23)30-8-12-9-31-18-15(17(25)21(18)16(12)19(26)27)20-14(24)7-6-11-4-2-3-5-13(11)22(28)29/h2-7,15,18,22,28H,8-9H2,1H3,(H,20,24)(H,26,27)/b7-6+/t15-,18+/m0/s1. The number of ether oxygens (including phenoxy) is 1. The second-order valence-corrected chi connectivity index (χ2v) is 7.76. The number of hydrogen-bond acceptors (Lipinski definition) is 8. The van der Waals surface area contributed by atoms with Gasteiger partial charge in [0.1, 0.15) is 23.7 Å². The number of nitrogens with zero attached hydrogens (tertiary/aromatic N) is 1. The molecule has 0 radical (unpaired) electrons. The Morgan fingerprint density at radius 2 is 2.10 bits per heavy atom. The van der Waals surface area contributed by atoms with E-state index in [9.17, 15) is 34.7 Å². The summed E-state index contributed by atoms with van der Waals surface area (Å²) in [6.07, 6.45) is 2.44. The Bertz CT molecular complexity index is 990. The molecule has 1 aromatic carbocycles. The smallest absolute Gasteiger partial charge is 0.352 e. The van der Waals surface area contributed by atoms with Crippen LogP contribution in [0.25, 0.3) is 6.08 Å². The number of nitrogens with one attached hydrogen (secondary N) is 2. The van der Waals surface area contributed by atoms with Gasteiger partial charge >= 0.3 is 11.9 Å². The van der Waals surface area contributed by atoms with Gasteiger partial charge in [0.25, 0.3) is 5.91 Å². The second kappa shape index (κ2) is 9.31. The van der Waals surface area contributed by atoms with Crippen molar-refractivity contribution in [3.05, 3.63) is 52.4 Å². The fourth-order valence-electron chi connectivity index (χ4n) is 3.19. The summed E-state index contributed by atoms with van der Waals surface area (Å²) in [5.41, 5.74) is 0.403. The molecule has 1 unspecified atom stereocenters. The van der Waals surface area contributed by atoms with E-state index in [4.69, 9.17) is 4.74 Å². The second-order valence-electron chi connectivity index (χ2n) is 6.66. The van der Waals surface area contributed by atoms with Crippen LogP contribution in [0.3, 0.4) is 0 Å². The van der Waals surface area contributed by atoms with Crippen molar-refractivity contribution in [2.45, 2.75) is 18.3 Å². The molecule has 1 aromatic rings. The maximum atomic E-state index is 12.5. The Kier molecular flexibility index (Phi) is 6.75. The molecule has 0 spiro atoms.